The number of hydrogen-bond donors (Lipinski definition) is 1. The summed E-state index contributed by atoms with van der Waals surface area (Å²) in [5, 5.41) is 3.23. The summed E-state index contributed by atoms with van der Waals surface area (Å²) < 4.78 is 5.22. The minimum absolute atomic E-state index is 0.0136. The van der Waals surface area contributed by atoms with Gasteiger partial charge in [0.1, 0.15) is 5.69 Å². The molecule has 5 heteroatoms. The van der Waals surface area contributed by atoms with Crippen molar-refractivity contribution in [3.05, 3.63) is 24.0 Å². The smallest absolute Gasteiger partial charge is 0.272 e. The van der Waals surface area contributed by atoms with Gasteiger partial charge >= 0.3 is 0 Å². The molecule has 0 saturated carbocycles. The maximum atomic E-state index is 12.1. The minimum Gasteiger partial charge on any atom is -0.384 e. The highest BCUT2D eigenvalue weighted by atomic mass is 16.5. The highest BCUT2D eigenvalue weighted by Gasteiger charge is 2.19. The van der Waals surface area contributed by atoms with E-state index in [4.69, 9.17) is 4.74 Å². The highest BCUT2D eigenvalue weighted by Crippen LogP contribution is 2.09. The summed E-state index contributed by atoms with van der Waals surface area (Å²) in [4.78, 5) is 18.1. The van der Waals surface area contributed by atoms with Gasteiger partial charge in [0, 0.05) is 19.6 Å². The molecule has 1 aromatic rings. The summed E-state index contributed by atoms with van der Waals surface area (Å²) in [6.45, 7) is 5.55. The molecular formula is C13H19N3O2. The summed E-state index contributed by atoms with van der Waals surface area (Å²) in [6, 6.07) is 3.67. The van der Waals surface area contributed by atoms with Gasteiger partial charge in [-0.15, -0.1) is 0 Å². The lowest BCUT2D eigenvalue weighted by Gasteiger charge is -2.26. The van der Waals surface area contributed by atoms with E-state index in [1.54, 1.807) is 17.2 Å². The number of ether oxygens (including phenoxy) is 1. The summed E-state index contributed by atoms with van der Waals surface area (Å²) >= 11 is 0. The molecule has 1 amide bonds. The van der Waals surface area contributed by atoms with Crippen molar-refractivity contribution in [2.45, 2.75) is 13.3 Å². The molecule has 0 aromatic carbocycles. The first-order valence-corrected chi connectivity index (χ1v) is 6.38. The summed E-state index contributed by atoms with van der Waals surface area (Å²) in [5.41, 5.74) is 1.45. The lowest BCUT2D eigenvalue weighted by Crippen LogP contribution is -2.41. The Bertz CT molecular complexity index is 386. The van der Waals surface area contributed by atoms with Crippen molar-refractivity contribution in [2.24, 2.45) is 0 Å². The van der Waals surface area contributed by atoms with Gasteiger partial charge in [0.05, 0.1) is 25.1 Å². The van der Waals surface area contributed by atoms with Crippen molar-refractivity contribution in [1.82, 2.24) is 9.88 Å². The number of carbonyl (C=O) groups is 1. The van der Waals surface area contributed by atoms with Crippen LogP contribution in [0.4, 0.5) is 5.69 Å². The molecule has 1 fully saturated rings. The fourth-order valence-electron chi connectivity index (χ4n) is 1.82. The van der Waals surface area contributed by atoms with Gasteiger partial charge in [0.2, 0.25) is 0 Å². The Morgan fingerprint density at radius 2 is 2.22 bits per heavy atom. The van der Waals surface area contributed by atoms with Crippen molar-refractivity contribution >= 4 is 11.6 Å². The number of hydrogen-bond acceptors (Lipinski definition) is 4. The van der Waals surface area contributed by atoms with Crippen LogP contribution in [0.2, 0.25) is 0 Å². The number of rotatable bonds is 4. The normalized spacial score (nSPS) is 15.5. The largest absolute Gasteiger partial charge is 0.384 e. The number of aromatic nitrogens is 1. The van der Waals surface area contributed by atoms with Crippen LogP contribution in [0.3, 0.4) is 0 Å². The summed E-state index contributed by atoms with van der Waals surface area (Å²) in [5.74, 6) is -0.0136. The lowest BCUT2D eigenvalue weighted by molar-refractivity contribution is 0.0299. The number of anilines is 1. The number of morpholine rings is 1. The Morgan fingerprint density at radius 3 is 2.83 bits per heavy atom. The van der Waals surface area contributed by atoms with Crippen molar-refractivity contribution in [3.63, 3.8) is 0 Å². The lowest BCUT2D eigenvalue weighted by atomic mass is 10.3. The van der Waals surface area contributed by atoms with Gasteiger partial charge in [-0.05, 0) is 18.6 Å². The minimum atomic E-state index is -0.0136. The number of amides is 1. The molecule has 0 aliphatic carbocycles. The van der Waals surface area contributed by atoms with Crippen molar-refractivity contribution in [1.29, 1.82) is 0 Å². The summed E-state index contributed by atoms with van der Waals surface area (Å²) in [7, 11) is 0. The molecule has 0 spiro atoms. The van der Waals surface area contributed by atoms with E-state index in [0.29, 0.717) is 32.0 Å². The second-order valence-corrected chi connectivity index (χ2v) is 4.26. The number of nitrogens with zero attached hydrogens (tertiary/aromatic N) is 2. The van der Waals surface area contributed by atoms with Crippen molar-refractivity contribution in [2.75, 3.05) is 38.2 Å². The average molecular weight is 249 g/mol. The molecule has 0 unspecified atom stereocenters. The van der Waals surface area contributed by atoms with Gasteiger partial charge in [-0.25, -0.2) is 4.98 Å². The van der Waals surface area contributed by atoms with Gasteiger partial charge in [-0.2, -0.15) is 0 Å². The van der Waals surface area contributed by atoms with Gasteiger partial charge in [-0.1, -0.05) is 6.92 Å². The van der Waals surface area contributed by atoms with Crippen LogP contribution in [0.1, 0.15) is 23.8 Å². The van der Waals surface area contributed by atoms with Crippen LogP contribution in [0.15, 0.2) is 18.3 Å². The molecule has 1 N–H and O–H groups in total. The Balaban J connectivity index is 1.97. The van der Waals surface area contributed by atoms with E-state index in [2.05, 4.69) is 17.2 Å². The van der Waals surface area contributed by atoms with Gasteiger partial charge < -0.3 is 15.0 Å². The first kappa shape index (κ1) is 12.8. The molecule has 0 atom stereocenters. The standard InChI is InChI=1S/C13H19N3O2/c1-2-5-14-11-3-4-12(15-10-11)13(17)16-6-8-18-9-7-16/h3-4,10,14H,2,5-9H2,1H3. The number of pyridine rings is 1. The monoisotopic (exact) mass is 249 g/mol. The van der Waals surface area contributed by atoms with E-state index in [1.807, 2.05) is 6.07 Å². The number of nitrogens with one attached hydrogen (secondary N) is 1. The Morgan fingerprint density at radius 1 is 1.44 bits per heavy atom. The fourth-order valence-corrected chi connectivity index (χ4v) is 1.82. The Hall–Kier alpha value is -1.62. The SMILES string of the molecule is CCCNc1ccc(C(=O)N2CCOCC2)nc1. The van der Waals surface area contributed by atoms with E-state index in [-0.39, 0.29) is 5.91 Å². The molecule has 18 heavy (non-hydrogen) atoms. The quantitative estimate of drug-likeness (QED) is 0.875. The maximum Gasteiger partial charge on any atom is 0.272 e. The zero-order chi connectivity index (χ0) is 12.8. The first-order valence-electron chi connectivity index (χ1n) is 6.38. The molecule has 2 rings (SSSR count). The van der Waals surface area contributed by atoms with Crippen molar-refractivity contribution in [3.8, 4) is 0 Å². The predicted molar refractivity (Wildman–Crippen MR) is 69.7 cm³/mol. The molecule has 0 radical (unpaired) electrons. The van der Waals surface area contributed by atoms with Crippen LogP contribution in [0, 0.1) is 0 Å². The summed E-state index contributed by atoms with van der Waals surface area (Å²) in [6.07, 6.45) is 2.78. The van der Waals surface area contributed by atoms with Crippen LogP contribution in [0.5, 0.6) is 0 Å². The highest BCUT2D eigenvalue weighted by molar-refractivity contribution is 5.92. The molecule has 0 bridgehead atoms. The Kier molecular flexibility index (Phi) is 4.52. The first-order chi connectivity index (χ1) is 8.81. The fraction of sp³-hybridized carbons (Fsp3) is 0.538. The molecule has 1 aliphatic heterocycles. The molecular weight excluding hydrogens is 230 g/mol. The molecule has 1 saturated heterocycles. The average Bonchev–Trinajstić information content (AvgIpc) is 2.46. The zero-order valence-electron chi connectivity index (χ0n) is 10.7. The second kappa shape index (κ2) is 6.35. The van der Waals surface area contributed by atoms with Gasteiger partial charge in [0.25, 0.3) is 5.91 Å². The third-order valence-electron chi connectivity index (χ3n) is 2.86. The predicted octanol–water partition coefficient (Wildman–Crippen LogP) is 1.38. The van der Waals surface area contributed by atoms with E-state index in [0.717, 1.165) is 18.7 Å². The van der Waals surface area contributed by atoms with E-state index >= 15 is 0 Å². The topological polar surface area (TPSA) is 54.5 Å². The molecule has 1 aliphatic rings. The van der Waals surface area contributed by atoms with Crippen LogP contribution in [0.25, 0.3) is 0 Å². The second-order valence-electron chi connectivity index (χ2n) is 4.26. The van der Waals surface area contributed by atoms with E-state index in [1.165, 1.54) is 0 Å². The maximum absolute atomic E-state index is 12.1. The van der Waals surface area contributed by atoms with Crippen LogP contribution < -0.4 is 5.32 Å². The van der Waals surface area contributed by atoms with Crippen LogP contribution >= 0.6 is 0 Å². The molecule has 98 valence electrons. The Labute approximate surface area is 107 Å². The van der Waals surface area contributed by atoms with E-state index < -0.39 is 0 Å². The third-order valence-corrected chi connectivity index (χ3v) is 2.86. The molecule has 2 heterocycles. The molecule has 1 aromatic heterocycles. The van der Waals surface area contributed by atoms with Crippen LogP contribution in [-0.2, 0) is 4.74 Å². The van der Waals surface area contributed by atoms with Gasteiger partial charge in [0.15, 0.2) is 0 Å². The van der Waals surface area contributed by atoms with Crippen molar-refractivity contribution < 1.29 is 9.53 Å². The zero-order valence-corrected chi connectivity index (χ0v) is 10.7. The van der Waals surface area contributed by atoms with Crippen LogP contribution in [-0.4, -0.2) is 48.6 Å². The van der Waals surface area contributed by atoms with Gasteiger partial charge in [-0.3, -0.25) is 4.79 Å². The number of carbonyl (C=O) groups excluding carboxylic acids is 1. The third kappa shape index (κ3) is 3.20. The molecule has 5 nitrogen and oxygen atoms in total. The van der Waals surface area contributed by atoms with E-state index in [9.17, 15) is 4.79 Å².